The number of rotatable bonds is 5. The summed E-state index contributed by atoms with van der Waals surface area (Å²) in [6.07, 6.45) is 0.441. The van der Waals surface area contributed by atoms with Crippen molar-refractivity contribution in [2.45, 2.75) is 19.1 Å². The summed E-state index contributed by atoms with van der Waals surface area (Å²) in [6, 6.07) is 16.5. The van der Waals surface area contributed by atoms with Crippen molar-refractivity contribution in [3.63, 3.8) is 0 Å². The maximum atomic E-state index is 12.1. The van der Waals surface area contributed by atoms with Gasteiger partial charge in [0.05, 0.1) is 18.3 Å². The van der Waals surface area contributed by atoms with E-state index in [-0.39, 0.29) is 24.8 Å². The maximum absolute atomic E-state index is 12.1. The van der Waals surface area contributed by atoms with Gasteiger partial charge in [-0.05, 0) is 12.1 Å². The lowest BCUT2D eigenvalue weighted by Crippen LogP contribution is -2.38. The van der Waals surface area contributed by atoms with Crippen molar-refractivity contribution < 1.29 is 23.5 Å². The molecule has 0 saturated carbocycles. The Bertz CT molecular complexity index is 967. The monoisotopic (exact) mass is 364 g/mol. The minimum Gasteiger partial charge on any atom is -0.478 e. The van der Waals surface area contributed by atoms with Gasteiger partial charge in [-0.15, -0.1) is 0 Å². The number of ether oxygens (including phenoxy) is 2. The van der Waals surface area contributed by atoms with Gasteiger partial charge in [0.1, 0.15) is 5.75 Å². The average molecular weight is 364 g/mol. The third kappa shape index (κ3) is 3.82. The first-order chi connectivity index (χ1) is 13.2. The lowest BCUT2D eigenvalue weighted by atomic mass is 10.1. The molecule has 1 atom stereocenters. The highest BCUT2D eigenvalue weighted by Crippen LogP contribution is 2.29. The molecule has 1 amide bonds. The van der Waals surface area contributed by atoms with E-state index < -0.39 is 12.1 Å². The number of esters is 1. The van der Waals surface area contributed by atoms with Crippen LogP contribution in [0.2, 0.25) is 0 Å². The number of benzene rings is 2. The molecule has 2 aromatic carbocycles. The van der Waals surface area contributed by atoms with Crippen LogP contribution in [-0.2, 0) is 20.9 Å². The molecular formula is C20H16N2O5. The molecule has 136 valence electrons. The SMILES string of the molecule is O=C(CC1Oc2ccccc2NC1=O)OCc1ncc(-c2ccccc2)o1. The van der Waals surface area contributed by atoms with Gasteiger partial charge in [0.25, 0.3) is 5.91 Å². The molecular weight excluding hydrogens is 348 g/mol. The fraction of sp³-hybridized carbons (Fsp3) is 0.150. The molecule has 7 nitrogen and oxygen atoms in total. The third-order valence-electron chi connectivity index (χ3n) is 4.03. The van der Waals surface area contributed by atoms with Gasteiger partial charge in [0.15, 0.2) is 18.5 Å². The Morgan fingerprint density at radius 3 is 2.74 bits per heavy atom. The van der Waals surface area contributed by atoms with Crippen LogP contribution >= 0.6 is 0 Å². The Labute approximate surface area is 154 Å². The molecule has 7 heteroatoms. The minimum atomic E-state index is -0.933. The number of anilines is 1. The smallest absolute Gasteiger partial charge is 0.310 e. The van der Waals surface area contributed by atoms with Crippen molar-refractivity contribution >= 4 is 17.6 Å². The predicted octanol–water partition coefficient (Wildman–Crippen LogP) is 3.17. The van der Waals surface area contributed by atoms with Crippen molar-refractivity contribution in [1.29, 1.82) is 0 Å². The summed E-state index contributed by atoms with van der Waals surface area (Å²) in [5.41, 5.74) is 1.47. The first kappa shape index (κ1) is 16.8. The number of para-hydroxylation sites is 2. The summed E-state index contributed by atoms with van der Waals surface area (Å²) in [4.78, 5) is 28.2. The van der Waals surface area contributed by atoms with E-state index in [1.807, 2.05) is 30.3 Å². The quantitative estimate of drug-likeness (QED) is 0.699. The van der Waals surface area contributed by atoms with E-state index in [1.54, 1.807) is 30.5 Å². The van der Waals surface area contributed by atoms with Crippen LogP contribution in [0.5, 0.6) is 5.75 Å². The molecule has 0 spiro atoms. The van der Waals surface area contributed by atoms with Crippen molar-refractivity contribution in [1.82, 2.24) is 4.98 Å². The zero-order chi connectivity index (χ0) is 18.6. The summed E-state index contributed by atoms with van der Waals surface area (Å²) in [5.74, 6) is 0.437. The van der Waals surface area contributed by atoms with Crippen molar-refractivity contribution in [3.8, 4) is 17.1 Å². The van der Waals surface area contributed by atoms with E-state index in [4.69, 9.17) is 13.9 Å². The van der Waals surface area contributed by atoms with E-state index in [1.165, 1.54) is 0 Å². The highest BCUT2D eigenvalue weighted by atomic mass is 16.5. The molecule has 4 rings (SSSR count). The van der Waals surface area contributed by atoms with Crippen LogP contribution in [0.3, 0.4) is 0 Å². The first-order valence-electron chi connectivity index (χ1n) is 8.41. The summed E-state index contributed by atoms with van der Waals surface area (Å²) in [7, 11) is 0. The Kier molecular flexibility index (Phi) is 4.57. The molecule has 0 radical (unpaired) electrons. The molecule has 1 aliphatic rings. The number of hydrogen-bond acceptors (Lipinski definition) is 6. The van der Waals surface area contributed by atoms with Crippen LogP contribution in [0, 0.1) is 0 Å². The van der Waals surface area contributed by atoms with Crippen LogP contribution in [0.15, 0.2) is 65.2 Å². The minimum absolute atomic E-state index is 0.114. The normalized spacial score (nSPS) is 15.4. The Hall–Kier alpha value is -3.61. The van der Waals surface area contributed by atoms with Gasteiger partial charge in [-0.1, -0.05) is 42.5 Å². The van der Waals surface area contributed by atoms with E-state index >= 15 is 0 Å². The van der Waals surface area contributed by atoms with Gasteiger partial charge in [0, 0.05) is 5.56 Å². The van der Waals surface area contributed by atoms with E-state index in [2.05, 4.69) is 10.3 Å². The molecule has 1 N–H and O–H groups in total. The second-order valence-corrected chi connectivity index (χ2v) is 5.94. The molecule has 0 saturated heterocycles. The standard InChI is InChI=1S/C20H16N2O5/c23-19(10-16-20(24)22-14-8-4-5-9-15(14)26-16)25-12-18-21-11-17(27-18)13-6-2-1-3-7-13/h1-9,11,16H,10,12H2,(H,22,24). The molecule has 27 heavy (non-hydrogen) atoms. The molecule has 1 aromatic heterocycles. The maximum Gasteiger partial charge on any atom is 0.310 e. The van der Waals surface area contributed by atoms with Gasteiger partial charge >= 0.3 is 5.97 Å². The highest BCUT2D eigenvalue weighted by molar-refractivity contribution is 5.99. The summed E-state index contributed by atoms with van der Waals surface area (Å²) in [6.45, 7) is -0.114. The fourth-order valence-electron chi connectivity index (χ4n) is 2.69. The van der Waals surface area contributed by atoms with E-state index in [0.29, 0.717) is 17.2 Å². The summed E-state index contributed by atoms with van der Waals surface area (Å²) in [5, 5.41) is 2.71. The van der Waals surface area contributed by atoms with Crippen molar-refractivity contribution in [3.05, 3.63) is 66.7 Å². The van der Waals surface area contributed by atoms with Gasteiger partial charge in [-0.2, -0.15) is 0 Å². The van der Waals surface area contributed by atoms with Gasteiger partial charge in [0.2, 0.25) is 5.89 Å². The van der Waals surface area contributed by atoms with Crippen LogP contribution in [0.4, 0.5) is 5.69 Å². The predicted molar refractivity (Wildman–Crippen MR) is 95.8 cm³/mol. The van der Waals surface area contributed by atoms with E-state index in [0.717, 1.165) is 5.56 Å². The lowest BCUT2D eigenvalue weighted by Gasteiger charge is -2.25. The molecule has 2 heterocycles. The number of oxazole rings is 1. The highest BCUT2D eigenvalue weighted by Gasteiger charge is 2.30. The second-order valence-electron chi connectivity index (χ2n) is 5.94. The number of hydrogen-bond donors (Lipinski definition) is 1. The van der Waals surface area contributed by atoms with Gasteiger partial charge in [-0.3, -0.25) is 9.59 Å². The number of carbonyl (C=O) groups is 2. The molecule has 0 fully saturated rings. The number of amides is 1. The van der Waals surface area contributed by atoms with Crippen LogP contribution in [-0.4, -0.2) is 23.0 Å². The topological polar surface area (TPSA) is 90.7 Å². The number of aromatic nitrogens is 1. The van der Waals surface area contributed by atoms with Crippen LogP contribution in [0.1, 0.15) is 12.3 Å². The Morgan fingerprint density at radius 2 is 1.89 bits per heavy atom. The summed E-state index contributed by atoms with van der Waals surface area (Å²) < 4.78 is 16.3. The third-order valence-corrected chi connectivity index (χ3v) is 4.03. The van der Waals surface area contributed by atoms with Crippen LogP contribution < -0.4 is 10.1 Å². The molecule has 3 aromatic rings. The van der Waals surface area contributed by atoms with Crippen LogP contribution in [0.25, 0.3) is 11.3 Å². The Balaban J connectivity index is 1.33. The molecule has 1 aliphatic heterocycles. The average Bonchev–Trinajstić information content (AvgIpc) is 3.17. The number of nitrogens with zero attached hydrogens (tertiary/aromatic N) is 1. The zero-order valence-electron chi connectivity index (χ0n) is 14.3. The zero-order valence-corrected chi connectivity index (χ0v) is 14.3. The molecule has 1 unspecified atom stereocenters. The molecule has 0 aliphatic carbocycles. The largest absolute Gasteiger partial charge is 0.478 e. The first-order valence-corrected chi connectivity index (χ1v) is 8.41. The lowest BCUT2D eigenvalue weighted by molar-refractivity contribution is -0.149. The van der Waals surface area contributed by atoms with Gasteiger partial charge < -0.3 is 19.2 Å². The van der Waals surface area contributed by atoms with Gasteiger partial charge in [-0.25, -0.2) is 4.98 Å². The van der Waals surface area contributed by atoms with Crippen molar-refractivity contribution in [2.75, 3.05) is 5.32 Å². The fourth-order valence-corrected chi connectivity index (χ4v) is 2.69. The number of carbonyl (C=O) groups excluding carboxylic acids is 2. The number of fused-ring (bicyclic) bond motifs is 1. The number of nitrogens with one attached hydrogen (secondary N) is 1. The summed E-state index contributed by atoms with van der Waals surface area (Å²) >= 11 is 0. The second kappa shape index (κ2) is 7.33. The molecule has 0 bridgehead atoms. The Morgan fingerprint density at radius 1 is 1.11 bits per heavy atom. The van der Waals surface area contributed by atoms with E-state index in [9.17, 15) is 9.59 Å². The van der Waals surface area contributed by atoms with Crippen molar-refractivity contribution in [2.24, 2.45) is 0 Å².